The quantitative estimate of drug-likeness (QED) is 0.461. The molecule has 0 fully saturated rings. The third kappa shape index (κ3) is 10.5. The first-order chi connectivity index (χ1) is 17.0. The number of nitrogens with zero attached hydrogens (tertiary/aromatic N) is 1. The fraction of sp³-hybridized carbons (Fsp3) is 0.269. The zero-order chi connectivity index (χ0) is 27.3. The smallest absolute Gasteiger partial charge is 0.305 e. The summed E-state index contributed by atoms with van der Waals surface area (Å²) >= 11 is 0. The van der Waals surface area contributed by atoms with Crippen molar-refractivity contribution in [1.29, 1.82) is 0 Å². The molecule has 3 N–H and O–H groups in total. The molecule has 1 atom stereocenters. The third-order valence-electron chi connectivity index (χ3n) is 4.46. The van der Waals surface area contributed by atoms with Crippen LogP contribution in [0.25, 0.3) is 0 Å². The van der Waals surface area contributed by atoms with Crippen LogP contribution in [0.1, 0.15) is 41.9 Å². The summed E-state index contributed by atoms with van der Waals surface area (Å²) in [6, 6.07) is 11.1. The highest BCUT2D eigenvalue weighted by Crippen LogP contribution is 2.26. The molecule has 0 saturated heterocycles. The van der Waals surface area contributed by atoms with Crippen molar-refractivity contribution in [2.45, 2.75) is 39.7 Å². The Morgan fingerprint density at radius 2 is 1.72 bits per heavy atom. The fourth-order valence-electron chi connectivity index (χ4n) is 2.72. The van der Waals surface area contributed by atoms with E-state index in [0.717, 1.165) is 11.6 Å². The van der Waals surface area contributed by atoms with Crippen molar-refractivity contribution < 1.29 is 37.3 Å². The Balaban J connectivity index is 0.000000285. The number of aromatic nitrogens is 1. The Morgan fingerprint density at radius 3 is 2.19 bits per heavy atom. The molecular formula is C26H29F3N2O5. The van der Waals surface area contributed by atoms with Gasteiger partial charge in [-0.15, -0.1) is 0 Å². The van der Waals surface area contributed by atoms with Gasteiger partial charge in [0.15, 0.2) is 17.2 Å². The number of esters is 1. The van der Waals surface area contributed by atoms with E-state index in [4.69, 9.17) is 15.2 Å². The predicted octanol–water partition coefficient (Wildman–Crippen LogP) is 4.88. The van der Waals surface area contributed by atoms with Crippen molar-refractivity contribution >= 4 is 11.9 Å². The molecule has 194 valence electrons. The number of benzene rings is 2. The van der Waals surface area contributed by atoms with Crippen LogP contribution >= 0.6 is 0 Å². The minimum Gasteiger partial charge on any atom is -0.503 e. The summed E-state index contributed by atoms with van der Waals surface area (Å²) in [5, 5.41) is 9.27. The number of hydrogen-bond donors (Lipinski definition) is 2. The Bertz CT molecular complexity index is 1140. The number of pyridine rings is 1. The Kier molecular flexibility index (Phi) is 12.5. The van der Waals surface area contributed by atoms with E-state index >= 15 is 0 Å². The van der Waals surface area contributed by atoms with Crippen LogP contribution in [0.15, 0.2) is 54.7 Å². The number of rotatable bonds is 6. The second-order valence-electron chi connectivity index (χ2n) is 7.47. The fourth-order valence-corrected chi connectivity index (χ4v) is 2.72. The first-order valence-electron chi connectivity index (χ1n) is 10.9. The third-order valence-corrected chi connectivity index (χ3v) is 4.46. The molecule has 0 aliphatic heterocycles. The summed E-state index contributed by atoms with van der Waals surface area (Å²) in [7, 11) is 1.37. The van der Waals surface area contributed by atoms with Crippen LogP contribution in [0.5, 0.6) is 11.5 Å². The van der Waals surface area contributed by atoms with Crippen molar-refractivity contribution in [3.63, 3.8) is 0 Å². The molecule has 0 aliphatic rings. The average Bonchev–Trinajstić information content (AvgIpc) is 2.81. The zero-order valence-electron chi connectivity index (χ0n) is 20.4. The number of halogens is 3. The lowest BCUT2D eigenvalue weighted by molar-refractivity contribution is -0.147. The van der Waals surface area contributed by atoms with E-state index in [-0.39, 0.29) is 35.1 Å². The van der Waals surface area contributed by atoms with E-state index in [2.05, 4.69) is 4.98 Å². The minimum atomic E-state index is -0.786. The van der Waals surface area contributed by atoms with E-state index in [0.29, 0.717) is 18.4 Å². The van der Waals surface area contributed by atoms with Crippen LogP contribution in [0.2, 0.25) is 0 Å². The van der Waals surface area contributed by atoms with Crippen molar-refractivity contribution in [3.05, 3.63) is 89.0 Å². The lowest BCUT2D eigenvalue weighted by atomic mass is 10.1. The van der Waals surface area contributed by atoms with Crippen LogP contribution in [0.3, 0.4) is 0 Å². The largest absolute Gasteiger partial charge is 0.503 e. The molecule has 0 saturated carbocycles. The number of nitrogens with two attached hydrogens (primary N) is 1. The number of ether oxygens (including phenoxy) is 2. The maximum absolute atomic E-state index is 13.5. The molecule has 3 aromatic rings. The molecule has 0 spiro atoms. The maximum Gasteiger partial charge on any atom is 0.305 e. The number of primary amides is 1. The van der Waals surface area contributed by atoms with Gasteiger partial charge >= 0.3 is 5.97 Å². The number of hydrogen-bond acceptors (Lipinski definition) is 6. The number of methoxy groups -OCH3 is 1. The molecule has 0 bridgehead atoms. The molecule has 2 aromatic carbocycles. The minimum absolute atomic E-state index is 0.179. The summed E-state index contributed by atoms with van der Waals surface area (Å²) in [6.07, 6.45) is 1.81. The average molecular weight is 507 g/mol. The summed E-state index contributed by atoms with van der Waals surface area (Å²) in [4.78, 5) is 25.3. The van der Waals surface area contributed by atoms with Gasteiger partial charge in [-0.3, -0.25) is 9.59 Å². The van der Waals surface area contributed by atoms with Gasteiger partial charge in [0.25, 0.3) is 5.91 Å². The summed E-state index contributed by atoms with van der Waals surface area (Å²) in [5.41, 5.74) is 6.21. The summed E-state index contributed by atoms with van der Waals surface area (Å²) in [5.74, 6) is -2.49. The predicted molar refractivity (Wildman–Crippen MR) is 128 cm³/mol. The molecule has 36 heavy (non-hydrogen) atoms. The molecular weight excluding hydrogens is 477 g/mol. The Hall–Kier alpha value is -4.08. The van der Waals surface area contributed by atoms with Crippen molar-refractivity contribution in [2.75, 3.05) is 7.11 Å². The summed E-state index contributed by atoms with van der Waals surface area (Å²) < 4.78 is 47.2. The van der Waals surface area contributed by atoms with Crippen LogP contribution < -0.4 is 10.5 Å². The molecule has 1 aromatic heterocycles. The van der Waals surface area contributed by atoms with Crippen molar-refractivity contribution in [2.24, 2.45) is 5.73 Å². The molecule has 1 unspecified atom stereocenters. The SMILES string of the molecule is CCC(=O)OC(C)Cc1ccc(C)cc1F.COc1ccnc(C(N)=O)c1O.Fc1cccc(F)c1. The number of amides is 1. The highest BCUT2D eigenvalue weighted by atomic mass is 19.1. The monoisotopic (exact) mass is 506 g/mol. The molecule has 7 nitrogen and oxygen atoms in total. The van der Waals surface area contributed by atoms with E-state index in [9.17, 15) is 27.9 Å². The van der Waals surface area contributed by atoms with Gasteiger partial charge in [-0.05, 0) is 43.2 Å². The first kappa shape index (κ1) is 30.0. The second-order valence-corrected chi connectivity index (χ2v) is 7.47. The van der Waals surface area contributed by atoms with Gasteiger partial charge in [0, 0.05) is 31.2 Å². The van der Waals surface area contributed by atoms with E-state index in [1.807, 2.05) is 13.0 Å². The van der Waals surface area contributed by atoms with Gasteiger partial charge in [0.2, 0.25) is 0 Å². The lowest BCUT2D eigenvalue weighted by Gasteiger charge is -2.13. The van der Waals surface area contributed by atoms with Crippen LogP contribution in [-0.2, 0) is 16.0 Å². The molecule has 0 radical (unpaired) electrons. The van der Waals surface area contributed by atoms with Crippen LogP contribution in [-0.4, -0.2) is 35.2 Å². The Labute approximate surface area is 207 Å². The van der Waals surface area contributed by atoms with Gasteiger partial charge in [-0.25, -0.2) is 18.2 Å². The first-order valence-corrected chi connectivity index (χ1v) is 10.9. The topological polar surface area (TPSA) is 112 Å². The lowest BCUT2D eigenvalue weighted by Crippen LogP contribution is -2.17. The van der Waals surface area contributed by atoms with E-state index in [1.54, 1.807) is 19.9 Å². The maximum atomic E-state index is 13.5. The second kappa shape index (κ2) is 15.0. The molecule has 1 heterocycles. The van der Waals surface area contributed by atoms with Gasteiger partial charge in [0.05, 0.1) is 7.11 Å². The highest BCUT2D eigenvalue weighted by molar-refractivity contribution is 5.94. The standard InChI is InChI=1S/C13H17FO2.C7H8N2O3.C6H4F2/c1-4-13(15)16-10(3)8-11-6-5-9(2)7-12(11)14;1-12-4-2-3-9-5(6(4)10)7(8)11;7-5-2-1-3-6(8)4-5/h5-7,10H,4,8H2,1-3H3;2-3,10H,1H3,(H2,8,11);1-4H. The molecule has 1 amide bonds. The number of aryl methyl sites for hydroxylation is 1. The highest BCUT2D eigenvalue weighted by Gasteiger charge is 2.13. The normalized spacial score (nSPS) is 10.6. The number of carbonyl (C=O) groups is 2. The molecule has 10 heteroatoms. The van der Waals surface area contributed by atoms with Crippen LogP contribution in [0, 0.1) is 24.4 Å². The van der Waals surface area contributed by atoms with Crippen molar-refractivity contribution in [3.8, 4) is 11.5 Å². The Morgan fingerprint density at radius 1 is 1.08 bits per heavy atom. The van der Waals surface area contributed by atoms with Gasteiger partial charge < -0.3 is 20.3 Å². The molecule has 0 aliphatic carbocycles. The van der Waals surface area contributed by atoms with Crippen LogP contribution in [0.4, 0.5) is 13.2 Å². The van der Waals surface area contributed by atoms with Crippen molar-refractivity contribution in [1.82, 2.24) is 4.98 Å². The van der Waals surface area contributed by atoms with Gasteiger partial charge in [-0.2, -0.15) is 0 Å². The zero-order valence-corrected chi connectivity index (χ0v) is 20.4. The van der Waals surface area contributed by atoms with E-state index in [1.165, 1.54) is 43.6 Å². The number of carbonyl (C=O) groups excluding carboxylic acids is 2. The van der Waals surface area contributed by atoms with E-state index < -0.39 is 17.5 Å². The van der Waals surface area contributed by atoms with Gasteiger partial charge in [0.1, 0.15) is 23.6 Å². The summed E-state index contributed by atoms with van der Waals surface area (Å²) in [6.45, 7) is 5.35. The van der Waals surface area contributed by atoms with Gasteiger partial charge in [-0.1, -0.05) is 25.1 Å². The number of aromatic hydroxyl groups is 1. The molecule has 3 rings (SSSR count).